The van der Waals surface area contributed by atoms with Gasteiger partial charge in [0, 0.05) is 30.1 Å². The van der Waals surface area contributed by atoms with Gasteiger partial charge in [0.05, 0.1) is 6.42 Å². The lowest BCUT2D eigenvalue weighted by Crippen LogP contribution is -2.30. The van der Waals surface area contributed by atoms with Gasteiger partial charge in [-0.1, -0.05) is 72.0 Å². The first-order valence-corrected chi connectivity index (χ1v) is 11.1. The molecule has 162 valence electrons. The van der Waals surface area contributed by atoms with E-state index in [0.717, 1.165) is 23.5 Å². The SMILES string of the molecule is Cc1csc(=O)n1CCC(=O)OCC(=O)NCCC(c1ccccc1)c1ccccc1. The molecule has 1 aromatic heterocycles. The van der Waals surface area contributed by atoms with Gasteiger partial charge < -0.3 is 14.6 Å². The van der Waals surface area contributed by atoms with Crippen LogP contribution < -0.4 is 10.2 Å². The molecule has 0 spiro atoms. The van der Waals surface area contributed by atoms with Gasteiger partial charge in [0.2, 0.25) is 0 Å². The van der Waals surface area contributed by atoms with Gasteiger partial charge in [-0.3, -0.25) is 14.4 Å². The van der Waals surface area contributed by atoms with Crippen molar-refractivity contribution in [1.82, 2.24) is 9.88 Å². The molecule has 0 atom stereocenters. The molecule has 7 heteroatoms. The standard InChI is InChI=1S/C24H26N2O4S/c1-18-17-31-24(29)26(18)15-13-23(28)30-16-22(27)25-14-12-21(19-8-4-2-5-9-19)20-10-6-3-7-11-20/h2-11,17,21H,12-16H2,1H3,(H,25,27). The third-order valence-corrected chi connectivity index (χ3v) is 5.92. The predicted octanol–water partition coefficient (Wildman–Crippen LogP) is 3.49. The third kappa shape index (κ3) is 6.65. The van der Waals surface area contributed by atoms with E-state index in [-0.39, 0.29) is 36.3 Å². The van der Waals surface area contributed by atoms with Crippen LogP contribution in [0.1, 0.15) is 35.6 Å². The highest BCUT2D eigenvalue weighted by Gasteiger charge is 2.15. The maximum absolute atomic E-state index is 12.1. The zero-order valence-electron chi connectivity index (χ0n) is 17.5. The number of thiazole rings is 1. The first-order valence-electron chi connectivity index (χ1n) is 10.2. The minimum atomic E-state index is -0.501. The van der Waals surface area contributed by atoms with Crippen LogP contribution in [0, 0.1) is 6.92 Å². The molecule has 0 saturated heterocycles. The van der Waals surface area contributed by atoms with E-state index in [1.54, 1.807) is 5.38 Å². The molecular weight excluding hydrogens is 412 g/mol. The van der Waals surface area contributed by atoms with Gasteiger partial charge in [-0.05, 0) is 24.5 Å². The highest BCUT2D eigenvalue weighted by atomic mass is 32.1. The number of aromatic nitrogens is 1. The summed E-state index contributed by atoms with van der Waals surface area (Å²) in [5, 5.41) is 4.58. The molecule has 31 heavy (non-hydrogen) atoms. The number of ether oxygens (including phenoxy) is 1. The lowest BCUT2D eigenvalue weighted by atomic mass is 9.88. The summed E-state index contributed by atoms with van der Waals surface area (Å²) >= 11 is 1.10. The Labute approximate surface area is 185 Å². The van der Waals surface area contributed by atoms with E-state index in [9.17, 15) is 14.4 Å². The Morgan fingerprint density at radius 1 is 1.03 bits per heavy atom. The Morgan fingerprint density at radius 2 is 1.65 bits per heavy atom. The van der Waals surface area contributed by atoms with Crippen LogP contribution in [0.3, 0.4) is 0 Å². The summed E-state index contributed by atoms with van der Waals surface area (Å²) in [6.45, 7) is 2.21. The maximum atomic E-state index is 12.1. The van der Waals surface area contributed by atoms with E-state index in [4.69, 9.17) is 4.74 Å². The van der Waals surface area contributed by atoms with Crippen LogP contribution in [0.5, 0.6) is 0 Å². The largest absolute Gasteiger partial charge is 0.456 e. The average Bonchev–Trinajstić information content (AvgIpc) is 3.12. The average molecular weight is 439 g/mol. The fourth-order valence-electron chi connectivity index (χ4n) is 3.40. The number of carbonyl (C=O) groups is 2. The van der Waals surface area contributed by atoms with Gasteiger partial charge in [0.25, 0.3) is 5.91 Å². The zero-order chi connectivity index (χ0) is 22.1. The highest BCUT2D eigenvalue weighted by molar-refractivity contribution is 7.07. The molecule has 0 aliphatic rings. The predicted molar refractivity (Wildman–Crippen MR) is 121 cm³/mol. The van der Waals surface area contributed by atoms with Crippen LogP contribution in [0.15, 0.2) is 70.8 Å². The second-order valence-corrected chi connectivity index (χ2v) is 8.04. The summed E-state index contributed by atoms with van der Waals surface area (Å²) in [6, 6.07) is 20.3. The minimum Gasteiger partial charge on any atom is -0.456 e. The van der Waals surface area contributed by atoms with Crippen molar-refractivity contribution in [3.05, 3.63) is 92.5 Å². The Bertz CT molecular complexity index is 1000. The maximum Gasteiger partial charge on any atom is 0.308 e. The van der Waals surface area contributed by atoms with Crippen molar-refractivity contribution in [1.29, 1.82) is 0 Å². The fraction of sp³-hybridized carbons (Fsp3) is 0.292. The molecule has 0 aliphatic heterocycles. The normalized spacial score (nSPS) is 10.8. The van der Waals surface area contributed by atoms with Crippen LogP contribution in [0.4, 0.5) is 0 Å². The van der Waals surface area contributed by atoms with Gasteiger partial charge >= 0.3 is 10.8 Å². The molecule has 0 bridgehead atoms. The molecule has 6 nitrogen and oxygen atoms in total. The second kappa shape index (κ2) is 11.3. The number of hydrogen-bond acceptors (Lipinski definition) is 5. The van der Waals surface area contributed by atoms with Crippen LogP contribution in [-0.4, -0.2) is 29.6 Å². The first-order chi connectivity index (χ1) is 15.0. The van der Waals surface area contributed by atoms with E-state index < -0.39 is 5.97 Å². The third-order valence-electron chi connectivity index (χ3n) is 5.04. The Hall–Kier alpha value is -3.19. The molecule has 1 heterocycles. The van der Waals surface area contributed by atoms with Crippen LogP contribution in [-0.2, 0) is 20.9 Å². The van der Waals surface area contributed by atoms with Crippen molar-refractivity contribution in [2.24, 2.45) is 0 Å². The van der Waals surface area contributed by atoms with Crippen LogP contribution >= 0.6 is 11.3 Å². The van der Waals surface area contributed by atoms with Gasteiger partial charge in [0.1, 0.15) is 0 Å². The zero-order valence-corrected chi connectivity index (χ0v) is 18.3. The number of nitrogens with zero attached hydrogens (tertiary/aromatic N) is 1. The van der Waals surface area contributed by atoms with Crippen molar-refractivity contribution in [2.75, 3.05) is 13.2 Å². The quantitative estimate of drug-likeness (QED) is 0.492. The molecular formula is C24H26N2O4S. The lowest BCUT2D eigenvalue weighted by Gasteiger charge is -2.18. The molecule has 3 rings (SSSR count). The van der Waals surface area contributed by atoms with E-state index in [2.05, 4.69) is 29.6 Å². The summed E-state index contributed by atoms with van der Waals surface area (Å²) in [5.74, 6) is -0.673. The number of benzene rings is 2. The summed E-state index contributed by atoms with van der Waals surface area (Å²) < 4.78 is 6.57. The van der Waals surface area contributed by atoms with E-state index in [1.807, 2.05) is 43.3 Å². The molecule has 0 aliphatic carbocycles. The van der Waals surface area contributed by atoms with Crippen molar-refractivity contribution in [3.8, 4) is 0 Å². The molecule has 1 amide bonds. The van der Waals surface area contributed by atoms with Crippen molar-refractivity contribution in [3.63, 3.8) is 0 Å². The molecule has 0 fully saturated rings. The summed E-state index contributed by atoms with van der Waals surface area (Å²) in [7, 11) is 0. The van der Waals surface area contributed by atoms with Gasteiger partial charge in [-0.15, -0.1) is 0 Å². The molecule has 3 aromatic rings. The van der Waals surface area contributed by atoms with Crippen LogP contribution in [0.25, 0.3) is 0 Å². The van der Waals surface area contributed by atoms with Crippen molar-refractivity contribution < 1.29 is 14.3 Å². The molecule has 0 saturated carbocycles. The number of nitrogens with one attached hydrogen (secondary N) is 1. The molecule has 0 radical (unpaired) electrons. The number of rotatable bonds is 10. The Kier molecular flexibility index (Phi) is 8.18. The highest BCUT2D eigenvalue weighted by Crippen LogP contribution is 2.27. The van der Waals surface area contributed by atoms with Crippen molar-refractivity contribution in [2.45, 2.75) is 32.2 Å². The topological polar surface area (TPSA) is 77.4 Å². The van der Waals surface area contributed by atoms with E-state index >= 15 is 0 Å². The number of carbonyl (C=O) groups excluding carboxylic acids is 2. The summed E-state index contributed by atoms with van der Waals surface area (Å²) in [5.41, 5.74) is 3.19. The van der Waals surface area contributed by atoms with Gasteiger partial charge in [0.15, 0.2) is 6.61 Å². The molecule has 2 aromatic carbocycles. The van der Waals surface area contributed by atoms with E-state index in [1.165, 1.54) is 15.7 Å². The summed E-state index contributed by atoms with van der Waals surface area (Å²) in [4.78, 5) is 35.6. The number of aryl methyl sites for hydroxylation is 1. The Morgan fingerprint density at radius 3 is 2.19 bits per heavy atom. The number of esters is 1. The number of amides is 1. The number of hydrogen-bond donors (Lipinski definition) is 1. The fourth-order valence-corrected chi connectivity index (χ4v) is 4.16. The van der Waals surface area contributed by atoms with Crippen molar-refractivity contribution >= 4 is 23.2 Å². The molecule has 1 N–H and O–H groups in total. The summed E-state index contributed by atoms with van der Waals surface area (Å²) in [6.07, 6.45) is 0.781. The smallest absolute Gasteiger partial charge is 0.308 e. The van der Waals surface area contributed by atoms with E-state index in [0.29, 0.717) is 6.54 Å². The van der Waals surface area contributed by atoms with Gasteiger partial charge in [-0.25, -0.2) is 0 Å². The van der Waals surface area contributed by atoms with Crippen LogP contribution in [0.2, 0.25) is 0 Å². The monoisotopic (exact) mass is 438 g/mol. The first kappa shape index (κ1) is 22.5. The minimum absolute atomic E-state index is 0.0504. The molecule has 0 unspecified atom stereocenters. The van der Waals surface area contributed by atoms with Gasteiger partial charge in [-0.2, -0.15) is 0 Å². The Balaban J connectivity index is 1.44. The second-order valence-electron chi connectivity index (χ2n) is 7.22. The lowest BCUT2D eigenvalue weighted by molar-refractivity contribution is -0.148.